The van der Waals surface area contributed by atoms with Crippen LogP contribution in [0.5, 0.6) is 0 Å². The zero-order chi connectivity index (χ0) is 12.0. The van der Waals surface area contributed by atoms with Crippen molar-refractivity contribution in [1.82, 2.24) is 0 Å². The van der Waals surface area contributed by atoms with Crippen LogP contribution < -0.4 is 16.4 Å². The van der Waals surface area contributed by atoms with Crippen LogP contribution in [0.4, 0.5) is 21.9 Å². The summed E-state index contributed by atoms with van der Waals surface area (Å²) in [6, 6.07) is 4.99. The van der Waals surface area contributed by atoms with Crippen molar-refractivity contribution in [3.05, 3.63) is 18.2 Å². The monoisotopic (exact) mass is 225 g/mol. The number of methoxy groups -OCH3 is 1. The highest BCUT2D eigenvalue weighted by molar-refractivity contribution is 5.86. The molecule has 0 heterocycles. The van der Waals surface area contributed by atoms with Gasteiger partial charge in [0.25, 0.3) is 0 Å². The first kappa shape index (κ1) is 12.1. The average Bonchev–Trinajstić information content (AvgIpc) is 2.29. The normalized spacial score (nSPS) is 9.62. The Morgan fingerprint density at radius 2 is 2.31 bits per heavy atom. The van der Waals surface area contributed by atoms with E-state index in [1.165, 1.54) is 7.11 Å². The molecular formula is C10H15N3O3. The van der Waals surface area contributed by atoms with Gasteiger partial charge in [-0.1, -0.05) is 0 Å². The molecule has 0 fully saturated rings. The molecule has 0 aliphatic carbocycles. The van der Waals surface area contributed by atoms with E-state index in [0.29, 0.717) is 23.6 Å². The van der Waals surface area contributed by atoms with E-state index < -0.39 is 6.09 Å². The molecule has 1 rings (SSSR count). The van der Waals surface area contributed by atoms with Crippen LogP contribution in [-0.2, 0) is 4.74 Å². The number of carbonyl (C=O) groups excluding carboxylic acids is 1. The summed E-state index contributed by atoms with van der Waals surface area (Å²) in [7, 11) is 1.29. The molecular weight excluding hydrogens is 210 g/mol. The first-order valence-corrected chi connectivity index (χ1v) is 4.76. The van der Waals surface area contributed by atoms with E-state index in [4.69, 9.17) is 10.8 Å². The van der Waals surface area contributed by atoms with Crippen LogP contribution in [0.1, 0.15) is 0 Å². The molecule has 0 bridgehead atoms. The van der Waals surface area contributed by atoms with Gasteiger partial charge in [0.2, 0.25) is 0 Å². The number of hydrogen-bond donors (Lipinski definition) is 4. The van der Waals surface area contributed by atoms with Crippen molar-refractivity contribution < 1.29 is 14.6 Å². The van der Waals surface area contributed by atoms with Gasteiger partial charge < -0.3 is 20.9 Å². The molecule has 0 unspecified atom stereocenters. The summed E-state index contributed by atoms with van der Waals surface area (Å²) >= 11 is 0. The maximum atomic E-state index is 11.0. The van der Waals surface area contributed by atoms with Crippen molar-refractivity contribution in [2.75, 3.05) is 36.6 Å². The van der Waals surface area contributed by atoms with Gasteiger partial charge >= 0.3 is 6.09 Å². The number of aliphatic hydroxyl groups excluding tert-OH is 1. The number of nitrogen functional groups attached to an aromatic ring is 1. The van der Waals surface area contributed by atoms with E-state index in [9.17, 15) is 4.79 Å². The average molecular weight is 225 g/mol. The zero-order valence-electron chi connectivity index (χ0n) is 8.99. The van der Waals surface area contributed by atoms with Crippen molar-refractivity contribution in [3.63, 3.8) is 0 Å². The third-order valence-corrected chi connectivity index (χ3v) is 1.91. The van der Waals surface area contributed by atoms with Gasteiger partial charge in [0.1, 0.15) is 0 Å². The van der Waals surface area contributed by atoms with Crippen LogP contribution in [0.3, 0.4) is 0 Å². The Labute approximate surface area is 93.4 Å². The summed E-state index contributed by atoms with van der Waals surface area (Å²) in [4.78, 5) is 11.0. The predicted octanol–water partition coefficient (Wildman–Crippen LogP) is 0.851. The number of hydrogen-bond acceptors (Lipinski definition) is 5. The lowest BCUT2D eigenvalue weighted by Gasteiger charge is -2.10. The molecule has 6 nitrogen and oxygen atoms in total. The minimum Gasteiger partial charge on any atom is -0.453 e. The molecule has 0 atom stereocenters. The standard InChI is InChI=1S/C10H15N3O3/c1-16-10(15)13-7-2-3-8(11)9(6-7)12-4-5-14/h2-3,6,12,14H,4-5,11H2,1H3,(H,13,15). The highest BCUT2D eigenvalue weighted by Gasteiger charge is 2.03. The topological polar surface area (TPSA) is 96.6 Å². The minimum atomic E-state index is -0.544. The van der Waals surface area contributed by atoms with Gasteiger partial charge in [-0.05, 0) is 18.2 Å². The maximum absolute atomic E-state index is 11.0. The first-order chi connectivity index (χ1) is 7.67. The fourth-order valence-corrected chi connectivity index (χ4v) is 1.15. The Morgan fingerprint density at radius 1 is 1.56 bits per heavy atom. The molecule has 1 aromatic rings. The number of rotatable bonds is 4. The smallest absolute Gasteiger partial charge is 0.411 e. The number of anilines is 3. The number of nitrogens with one attached hydrogen (secondary N) is 2. The molecule has 0 aromatic heterocycles. The second-order valence-corrected chi connectivity index (χ2v) is 3.07. The Bertz CT molecular complexity index is 368. The number of ether oxygens (including phenoxy) is 1. The van der Waals surface area contributed by atoms with Crippen LogP contribution in [0, 0.1) is 0 Å². The van der Waals surface area contributed by atoms with Crippen LogP contribution in [0.2, 0.25) is 0 Å². The molecule has 6 heteroatoms. The van der Waals surface area contributed by atoms with E-state index in [0.717, 1.165) is 0 Å². The summed E-state index contributed by atoms with van der Waals surface area (Å²) in [6.07, 6.45) is -0.544. The number of nitrogens with two attached hydrogens (primary N) is 1. The van der Waals surface area contributed by atoms with E-state index >= 15 is 0 Å². The fourth-order valence-electron chi connectivity index (χ4n) is 1.15. The summed E-state index contributed by atoms with van der Waals surface area (Å²) in [5.41, 5.74) is 7.48. The largest absolute Gasteiger partial charge is 0.453 e. The van der Waals surface area contributed by atoms with Crippen LogP contribution in [0.15, 0.2) is 18.2 Å². The molecule has 1 amide bonds. The second kappa shape index (κ2) is 5.82. The van der Waals surface area contributed by atoms with Crippen LogP contribution in [0.25, 0.3) is 0 Å². The van der Waals surface area contributed by atoms with Crippen molar-refractivity contribution in [3.8, 4) is 0 Å². The summed E-state index contributed by atoms with van der Waals surface area (Å²) < 4.78 is 4.46. The molecule has 16 heavy (non-hydrogen) atoms. The predicted molar refractivity (Wildman–Crippen MR) is 62.5 cm³/mol. The highest BCUT2D eigenvalue weighted by atomic mass is 16.5. The molecule has 0 aliphatic heterocycles. The molecule has 0 radical (unpaired) electrons. The Kier molecular flexibility index (Phi) is 4.41. The van der Waals surface area contributed by atoms with Gasteiger partial charge in [0.05, 0.1) is 25.1 Å². The molecule has 88 valence electrons. The number of amides is 1. The van der Waals surface area contributed by atoms with Gasteiger partial charge in [-0.25, -0.2) is 4.79 Å². The molecule has 0 saturated heterocycles. The second-order valence-electron chi connectivity index (χ2n) is 3.07. The van der Waals surface area contributed by atoms with Crippen molar-refractivity contribution in [1.29, 1.82) is 0 Å². The van der Waals surface area contributed by atoms with E-state index in [1.807, 2.05) is 0 Å². The van der Waals surface area contributed by atoms with Gasteiger partial charge in [-0.3, -0.25) is 5.32 Å². The minimum absolute atomic E-state index is 0.00803. The van der Waals surface area contributed by atoms with Crippen molar-refractivity contribution >= 4 is 23.2 Å². The number of aliphatic hydroxyl groups is 1. The molecule has 1 aromatic carbocycles. The Morgan fingerprint density at radius 3 is 2.94 bits per heavy atom. The summed E-state index contributed by atoms with van der Waals surface area (Å²) in [6.45, 7) is 0.403. The highest BCUT2D eigenvalue weighted by Crippen LogP contribution is 2.22. The molecule has 0 aliphatic rings. The van der Waals surface area contributed by atoms with Crippen molar-refractivity contribution in [2.24, 2.45) is 0 Å². The summed E-state index contributed by atoms with van der Waals surface area (Å²) in [5.74, 6) is 0. The lowest BCUT2D eigenvalue weighted by atomic mass is 10.2. The quantitative estimate of drug-likeness (QED) is 0.570. The van der Waals surface area contributed by atoms with Gasteiger partial charge in [0.15, 0.2) is 0 Å². The maximum Gasteiger partial charge on any atom is 0.411 e. The third-order valence-electron chi connectivity index (χ3n) is 1.91. The molecule has 5 N–H and O–H groups in total. The van der Waals surface area contributed by atoms with Gasteiger partial charge in [-0.15, -0.1) is 0 Å². The molecule has 0 saturated carbocycles. The van der Waals surface area contributed by atoms with Crippen LogP contribution >= 0.6 is 0 Å². The number of carbonyl (C=O) groups is 1. The van der Waals surface area contributed by atoms with Crippen molar-refractivity contribution in [2.45, 2.75) is 0 Å². The Hall–Kier alpha value is -1.95. The lowest BCUT2D eigenvalue weighted by Crippen LogP contribution is -2.12. The Balaban J connectivity index is 2.76. The zero-order valence-corrected chi connectivity index (χ0v) is 8.99. The first-order valence-electron chi connectivity index (χ1n) is 4.76. The lowest BCUT2D eigenvalue weighted by molar-refractivity contribution is 0.187. The van der Waals surface area contributed by atoms with E-state index in [2.05, 4.69) is 15.4 Å². The van der Waals surface area contributed by atoms with Gasteiger partial charge in [0, 0.05) is 12.2 Å². The third kappa shape index (κ3) is 3.32. The fraction of sp³-hybridized carbons (Fsp3) is 0.300. The number of benzene rings is 1. The summed E-state index contributed by atoms with van der Waals surface area (Å²) in [5, 5.41) is 14.1. The molecule has 0 spiro atoms. The van der Waals surface area contributed by atoms with Crippen LogP contribution in [-0.4, -0.2) is 31.5 Å². The van der Waals surface area contributed by atoms with E-state index in [1.54, 1.807) is 18.2 Å². The van der Waals surface area contributed by atoms with E-state index in [-0.39, 0.29) is 6.61 Å². The SMILES string of the molecule is COC(=O)Nc1ccc(N)c(NCCO)c1. The van der Waals surface area contributed by atoms with Gasteiger partial charge in [-0.2, -0.15) is 0 Å².